The first-order valence-corrected chi connectivity index (χ1v) is 6.28. The number of methoxy groups -OCH3 is 1. The van der Waals surface area contributed by atoms with Gasteiger partial charge in [-0.3, -0.25) is 14.9 Å². The van der Waals surface area contributed by atoms with Crippen LogP contribution in [0, 0.1) is 10.1 Å². The second-order valence-corrected chi connectivity index (χ2v) is 4.56. The Morgan fingerprint density at radius 2 is 1.95 bits per heavy atom. The molecule has 0 saturated carbocycles. The molecule has 5 heteroatoms. The first-order chi connectivity index (χ1) is 9.61. The van der Waals surface area contributed by atoms with Gasteiger partial charge in [-0.15, -0.1) is 0 Å². The minimum atomic E-state index is -0.483. The van der Waals surface area contributed by atoms with Gasteiger partial charge in [0, 0.05) is 4.92 Å². The van der Waals surface area contributed by atoms with Gasteiger partial charge in [-0.25, -0.2) is 0 Å². The molecule has 0 aliphatic heterocycles. The number of rotatable bonds is 5. The van der Waals surface area contributed by atoms with Crippen LogP contribution in [0.5, 0.6) is 0 Å². The van der Waals surface area contributed by atoms with E-state index in [1.165, 1.54) is 7.11 Å². The van der Waals surface area contributed by atoms with Crippen molar-refractivity contribution in [1.82, 2.24) is 0 Å². The largest absolute Gasteiger partial charge is 0.469 e. The summed E-state index contributed by atoms with van der Waals surface area (Å²) in [6.45, 7) is -0.289. The molecule has 0 spiro atoms. The van der Waals surface area contributed by atoms with Crippen molar-refractivity contribution in [2.45, 2.75) is 12.3 Å². The van der Waals surface area contributed by atoms with Gasteiger partial charge in [-0.2, -0.15) is 0 Å². The Labute approximate surface area is 116 Å². The number of carbonyl (C=O) groups is 1. The number of esters is 1. The summed E-state index contributed by atoms with van der Waals surface area (Å²) in [5, 5.41) is 12.8. The van der Waals surface area contributed by atoms with Crippen LogP contribution in [0.1, 0.15) is 17.9 Å². The summed E-state index contributed by atoms with van der Waals surface area (Å²) >= 11 is 0. The van der Waals surface area contributed by atoms with Crippen molar-refractivity contribution in [1.29, 1.82) is 0 Å². The molecule has 0 heterocycles. The van der Waals surface area contributed by atoms with Gasteiger partial charge in [-0.1, -0.05) is 42.5 Å². The molecular formula is C15H15NO4. The van der Waals surface area contributed by atoms with Crippen LogP contribution in [0.25, 0.3) is 10.8 Å². The fourth-order valence-electron chi connectivity index (χ4n) is 2.34. The van der Waals surface area contributed by atoms with E-state index in [1.54, 1.807) is 0 Å². The molecule has 104 valence electrons. The van der Waals surface area contributed by atoms with Crippen molar-refractivity contribution < 1.29 is 14.5 Å². The third-order valence-corrected chi connectivity index (χ3v) is 3.27. The van der Waals surface area contributed by atoms with Crippen molar-refractivity contribution in [3.05, 3.63) is 58.1 Å². The molecule has 0 N–H and O–H groups in total. The maximum Gasteiger partial charge on any atom is 0.306 e. The molecule has 1 atom stereocenters. The van der Waals surface area contributed by atoms with E-state index in [-0.39, 0.29) is 13.0 Å². The minimum Gasteiger partial charge on any atom is -0.469 e. The van der Waals surface area contributed by atoms with Gasteiger partial charge in [0.25, 0.3) is 0 Å². The van der Waals surface area contributed by atoms with Gasteiger partial charge in [-0.05, 0) is 16.3 Å². The molecule has 0 aromatic heterocycles. The third-order valence-electron chi connectivity index (χ3n) is 3.27. The average Bonchev–Trinajstić information content (AvgIpc) is 2.45. The SMILES string of the molecule is COC(=O)CC(C[N+](=O)[O-])c1cccc2ccccc12. The molecule has 2 aromatic rings. The summed E-state index contributed by atoms with van der Waals surface area (Å²) in [4.78, 5) is 21.9. The van der Waals surface area contributed by atoms with E-state index < -0.39 is 16.8 Å². The number of hydrogen-bond acceptors (Lipinski definition) is 4. The predicted molar refractivity (Wildman–Crippen MR) is 75.2 cm³/mol. The van der Waals surface area contributed by atoms with Crippen LogP contribution in [-0.4, -0.2) is 24.5 Å². The molecule has 0 saturated heterocycles. The number of nitro groups is 1. The van der Waals surface area contributed by atoms with Gasteiger partial charge in [0.15, 0.2) is 0 Å². The zero-order chi connectivity index (χ0) is 14.5. The van der Waals surface area contributed by atoms with Crippen molar-refractivity contribution in [3.8, 4) is 0 Å². The highest BCUT2D eigenvalue weighted by Crippen LogP contribution is 2.28. The molecule has 0 fully saturated rings. The lowest BCUT2D eigenvalue weighted by Gasteiger charge is -2.14. The fourth-order valence-corrected chi connectivity index (χ4v) is 2.34. The molecule has 2 aromatic carbocycles. The molecule has 0 radical (unpaired) electrons. The summed E-state index contributed by atoms with van der Waals surface area (Å²) in [5.74, 6) is -0.923. The number of benzene rings is 2. The van der Waals surface area contributed by atoms with Gasteiger partial charge >= 0.3 is 5.97 Å². The Kier molecular flexibility index (Phi) is 4.30. The molecule has 0 aliphatic carbocycles. The predicted octanol–water partition coefficient (Wildman–Crippen LogP) is 2.76. The lowest BCUT2D eigenvalue weighted by Crippen LogP contribution is -2.17. The highest BCUT2D eigenvalue weighted by Gasteiger charge is 2.23. The summed E-state index contributed by atoms with van der Waals surface area (Å²) < 4.78 is 4.63. The number of nitrogens with zero attached hydrogens (tertiary/aromatic N) is 1. The van der Waals surface area contributed by atoms with Crippen LogP contribution in [0.2, 0.25) is 0 Å². The summed E-state index contributed by atoms with van der Waals surface area (Å²) in [6, 6.07) is 13.3. The zero-order valence-electron chi connectivity index (χ0n) is 11.1. The van der Waals surface area contributed by atoms with Crippen LogP contribution in [0.15, 0.2) is 42.5 Å². The highest BCUT2D eigenvalue weighted by atomic mass is 16.6. The van der Waals surface area contributed by atoms with Crippen molar-refractivity contribution in [2.75, 3.05) is 13.7 Å². The van der Waals surface area contributed by atoms with E-state index in [0.29, 0.717) is 0 Å². The molecule has 20 heavy (non-hydrogen) atoms. The maximum absolute atomic E-state index is 11.5. The topological polar surface area (TPSA) is 69.4 Å². The van der Waals surface area contributed by atoms with Gasteiger partial charge in [0.2, 0.25) is 6.54 Å². The smallest absolute Gasteiger partial charge is 0.306 e. The van der Waals surface area contributed by atoms with E-state index in [9.17, 15) is 14.9 Å². The van der Waals surface area contributed by atoms with E-state index in [1.807, 2.05) is 42.5 Å². The Morgan fingerprint density at radius 1 is 1.25 bits per heavy atom. The molecular weight excluding hydrogens is 258 g/mol. The standard InChI is InChI=1S/C15H15NO4/c1-20-15(17)9-12(10-16(18)19)14-8-4-6-11-5-2-3-7-13(11)14/h2-8,12H,9-10H2,1H3. The molecule has 0 aliphatic rings. The Hall–Kier alpha value is -2.43. The third kappa shape index (κ3) is 3.12. The molecule has 0 bridgehead atoms. The Morgan fingerprint density at radius 3 is 2.65 bits per heavy atom. The Balaban J connectivity index is 2.44. The summed E-state index contributed by atoms with van der Waals surface area (Å²) in [5.41, 5.74) is 0.810. The average molecular weight is 273 g/mol. The van der Waals surface area contributed by atoms with Crippen molar-refractivity contribution >= 4 is 16.7 Å². The normalized spacial score (nSPS) is 12.1. The van der Waals surface area contributed by atoms with E-state index in [4.69, 9.17) is 0 Å². The first-order valence-electron chi connectivity index (χ1n) is 6.28. The lowest BCUT2D eigenvalue weighted by atomic mass is 9.91. The molecule has 1 unspecified atom stereocenters. The second kappa shape index (κ2) is 6.14. The molecule has 2 rings (SSSR count). The van der Waals surface area contributed by atoms with Crippen LogP contribution < -0.4 is 0 Å². The van der Waals surface area contributed by atoms with Crippen LogP contribution in [-0.2, 0) is 9.53 Å². The van der Waals surface area contributed by atoms with E-state index in [0.717, 1.165) is 16.3 Å². The Bertz CT molecular complexity index is 633. The monoisotopic (exact) mass is 273 g/mol. The summed E-state index contributed by atoms with van der Waals surface area (Å²) in [6.07, 6.45) is 0.00544. The molecule has 0 amide bonds. The lowest BCUT2D eigenvalue weighted by molar-refractivity contribution is -0.483. The minimum absolute atomic E-state index is 0.00544. The van der Waals surface area contributed by atoms with Gasteiger partial charge in [0.05, 0.1) is 19.4 Å². The van der Waals surface area contributed by atoms with E-state index >= 15 is 0 Å². The quantitative estimate of drug-likeness (QED) is 0.477. The van der Waals surface area contributed by atoms with Gasteiger partial charge < -0.3 is 4.74 Å². The van der Waals surface area contributed by atoms with Crippen molar-refractivity contribution in [3.63, 3.8) is 0 Å². The number of ether oxygens (including phenoxy) is 1. The maximum atomic E-state index is 11.5. The van der Waals surface area contributed by atoms with E-state index in [2.05, 4.69) is 4.74 Å². The van der Waals surface area contributed by atoms with Crippen LogP contribution in [0.3, 0.4) is 0 Å². The van der Waals surface area contributed by atoms with Crippen molar-refractivity contribution in [2.24, 2.45) is 0 Å². The second-order valence-electron chi connectivity index (χ2n) is 4.56. The number of carbonyl (C=O) groups excluding carboxylic acids is 1. The number of hydrogen-bond donors (Lipinski definition) is 0. The number of fused-ring (bicyclic) bond motifs is 1. The van der Waals surface area contributed by atoms with Crippen LogP contribution >= 0.6 is 0 Å². The zero-order valence-corrected chi connectivity index (χ0v) is 11.1. The first kappa shape index (κ1) is 14.0. The highest BCUT2D eigenvalue weighted by molar-refractivity contribution is 5.86. The molecule has 5 nitrogen and oxygen atoms in total. The van der Waals surface area contributed by atoms with Crippen LogP contribution in [0.4, 0.5) is 0 Å². The fraction of sp³-hybridized carbons (Fsp3) is 0.267. The van der Waals surface area contributed by atoms with Gasteiger partial charge in [0.1, 0.15) is 0 Å². The summed E-state index contributed by atoms with van der Waals surface area (Å²) in [7, 11) is 1.29.